The molecular weight excluding hydrogens is 481 g/mol. The van der Waals surface area contributed by atoms with Crippen LogP contribution in [0.3, 0.4) is 0 Å². The number of halogens is 1. The van der Waals surface area contributed by atoms with E-state index in [1.54, 1.807) is 18.5 Å². The highest BCUT2D eigenvalue weighted by molar-refractivity contribution is 5.94. The molecule has 6 rings (SSSR count). The third kappa shape index (κ3) is 5.08. The normalized spacial score (nSPS) is 20.4. The Bertz CT molecular complexity index is 1330. The zero-order valence-corrected chi connectivity index (χ0v) is 21.5. The first kappa shape index (κ1) is 24.8. The van der Waals surface area contributed by atoms with Crippen molar-refractivity contribution in [1.82, 2.24) is 15.6 Å². The van der Waals surface area contributed by atoms with Crippen molar-refractivity contribution >= 4 is 11.5 Å². The summed E-state index contributed by atoms with van der Waals surface area (Å²) in [7, 11) is 0. The summed E-state index contributed by atoms with van der Waals surface area (Å²) in [6.45, 7) is 5.36. The number of aromatic nitrogens is 1. The van der Waals surface area contributed by atoms with Gasteiger partial charge in [-0.3, -0.25) is 9.78 Å². The van der Waals surface area contributed by atoms with Crippen molar-refractivity contribution in [3.8, 4) is 5.75 Å². The highest BCUT2D eigenvalue weighted by Crippen LogP contribution is 2.51. The number of allylic oxidation sites excluding steroid dienone is 1. The van der Waals surface area contributed by atoms with Crippen molar-refractivity contribution in [2.45, 2.75) is 38.3 Å². The average molecular weight is 514 g/mol. The minimum atomic E-state index is -0.230. The van der Waals surface area contributed by atoms with Gasteiger partial charge in [-0.2, -0.15) is 0 Å². The predicted octanol–water partition coefficient (Wildman–Crippen LogP) is 5.06. The fraction of sp³-hybridized carbons (Fsp3) is 0.355. The van der Waals surface area contributed by atoms with Gasteiger partial charge in [-0.1, -0.05) is 42.0 Å². The minimum absolute atomic E-state index is 0.00169. The number of nitrogens with zero attached hydrogens (tertiary/aromatic N) is 1. The maximum absolute atomic E-state index is 13.6. The van der Waals surface area contributed by atoms with Gasteiger partial charge in [0, 0.05) is 31.1 Å². The molecule has 196 valence electrons. The van der Waals surface area contributed by atoms with E-state index in [1.807, 2.05) is 19.1 Å². The second kappa shape index (κ2) is 10.3. The Hall–Kier alpha value is -3.55. The predicted molar refractivity (Wildman–Crippen MR) is 143 cm³/mol. The van der Waals surface area contributed by atoms with Crippen LogP contribution < -0.4 is 15.4 Å². The lowest BCUT2D eigenvalue weighted by molar-refractivity contribution is 0.0938. The molecule has 1 aromatic heterocycles. The van der Waals surface area contributed by atoms with E-state index in [0.717, 1.165) is 49.0 Å². The molecule has 0 unspecified atom stereocenters. The van der Waals surface area contributed by atoms with E-state index in [0.29, 0.717) is 29.9 Å². The first-order valence-corrected chi connectivity index (χ1v) is 13.3. The van der Waals surface area contributed by atoms with Crippen LogP contribution in [0.1, 0.15) is 59.3 Å². The molecular formula is C31H32FN3O3. The Morgan fingerprint density at radius 1 is 1.08 bits per heavy atom. The quantitative estimate of drug-likeness (QED) is 0.462. The highest BCUT2D eigenvalue weighted by atomic mass is 19.1. The van der Waals surface area contributed by atoms with Gasteiger partial charge in [0.05, 0.1) is 31.0 Å². The lowest BCUT2D eigenvalue weighted by atomic mass is 9.60. The molecule has 7 heteroatoms. The highest BCUT2D eigenvalue weighted by Gasteiger charge is 2.46. The molecule has 2 aliphatic heterocycles. The van der Waals surface area contributed by atoms with Gasteiger partial charge in [0.25, 0.3) is 5.91 Å². The summed E-state index contributed by atoms with van der Waals surface area (Å²) >= 11 is 0. The lowest BCUT2D eigenvalue weighted by Crippen LogP contribution is -2.58. The van der Waals surface area contributed by atoms with E-state index in [4.69, 9.17) is 9.47 Å². The molecule has 6 nitrogen and oxygen atoms in total. The Balaban J connectivity index is 1.16. The van der Waals surface area contributed by atoms with Gasteiger partial charge in [0.15, 0.2) is 0 Å². The van der Waals surface area contributed by atoms with Gasteiger partial charge < -0.3 is 20.1 Å². The van der Waals surface area contributed by atoms with Crippen LogP contribution in [0.5, 0.6) is 5.75 Å². The second-order valence-electron chi connectivity index (χ2n) is 10.8. The van der Waals surface area contributed by atoms with E-state index in [2.05, 4.69) is 39.9 Å². The van der Waals surface area contributed by atoms with Crippen LogP contribution in [-0.4, -0.2) is 43.3 Å². The summed E-state index contributed by atoms with van der Waals surface area (Å²) in [5.41, 5.74) is 6.63. The number of nitrogens with one attached hydrogen (secondary N) is 2. The Labute approximate surface area is 222 Å². The molecule has 3 heterocycles. The number of pyridine rings is 1. The van der Waals surface area contributed by atoms with E-state index in [1.165, 1.54) is 23.3 Å². The molecule has 1 aliphatic carbocycles. The average Bonchev–Trinajstić information content (AvgIpc) is 3.39. The molecule has 1 saturated carbocycles. The number of hydrogen-bond acceptors (Lipinski definition) is 5. The van der Waals surface area contributed by atoms with Gasteiger partial charge >= 0.3 is 0 Å². The Morgan fingerprint density at radius 2 is 1.79 bits per heavy atom. The first-order chi connectivity index (χ1) is 18.5. The molecule has 2 atom stereocenters. The molecule has 2 N–H and O–H groups in total. The molecule has 3 fully saturated rings. The van der Waals surface area contributed by atoms with E-state index < -0.39 is 0 Å². The van der Waals surface area contributed by atoms with E-state index >= 15 is 0 Å². The summed E-state index contributed by atoms with van der Waals surface area (Å²) in [5, 5.41) is 6.47. The van der Waals surface area contributed by atoms with Gasteiger partial charge in [-0.15, -0.1) is 0 Å². The second-order valence-corrected chi connectivity index (χ2v) is 10.8. The molecule has 38 heavy (non-hydrogen) atoms. The third-order valence-corrected chi connectivity index (χ3v) is 7.88. The van der Waals surface area contributed by atoms with Crippen molar-refractivity contribution in [2.24, 2.45) is 5.41 Å². The van der Waals surface area contributed by atoms with Crippen LogP contribution in [0.2, 0.25) is 0 Å². The molecule has 2 saturated heterocycles. The molecule has 3 aromatic rings. The number of benzene rings is 2. The van der Waals surface area contributed by atoms with Crippen LogP contribution in [0, 0.1) is 11.2 Å². The smallest absolute Gasteiger partial charge is 0.253 e. The van der Waals surface area contributed by atoms with Gasteiger partial charge in [0.1, 0.15) is 17.7 Å². The lowest BCUT2D eigenvalue weighted by Gasteiger charge is -2.52. The number of rotatable bonds is 7. The van der Waals surface area contributed by atoms with Crippen LogP contribution in [0.4, 0.5) is 4.39 Å². The zero-order valence-electron chi connectivity index (χ0n) is 21.5. The molecule has 0 radical (unpaired) electrons. The summed E-state index contributed by atoms with van der Waals surface area (Å²) < 4.78 is 24.9. The number of carbonyl (C=O) groups is 1. The van der Waals surface area contributed by atoms with Crippen molar-refractivity contribution in [1.29, 1.82) is 0 Å². The SMILES string of the molecule is C[C@@H](NC(=O)c1cncc(O[C@H]2CCOC2)c1)c1ccc(C(=C2CC3(CNC3)C2)c2ccc(F)cc2)cc1. The molecule has 1 amide bonds. The Kier molecular flexibility index (Phi) is 6.72. The van der Waals surface area contributed by atoms with Gasteiger partial charge in [-0.05, 0) is 60.2 Å². The van der Waals surface area contributed by atoms with Crippen LogP contribution >= 0.6 is 0 Å². The molecule has 0 bridgehead atoms. The van der Waals surface area contributed by atoms with Crippen LogP contribution in [-0.2, 0) is 4.74 Å². The first-order valence-electron chi connectivity index (χ1n) is 13.3. The summed E-state index contributed by atoms with van der Waals surface area (Å²) in [4.78, 5) is 17.1. The molecule has 1 spiro atoms. The fourth-order valence-corrected chi connectivity index (χ4v) is 5.66. The van der Waals surface area contributed by atoms with Crippen molar-refractivity contribution < 1.29 is 18.7 Å². The van der Waals surface area contributed by atoms with Gasteiger partial charge in [-0.25, -0.2) is 4.39 Å². The van der Waals surface area contributed by atoms with E-state index in [9.17, 15) is 9.18 Å². The Morgan fingerprint density at radius 3 is 2.42 bits per heavy atom. The number of hydrogen-bond donors (Lipinski definition) is 2. The van der Waals surface area contributed by atoms with Crippen LogP contribution in [0.25, 0.3) is 5.57 Å². The van der Waals surface area contributed by atoms with Gasteiger partial charge in [0.2, 0.25) is 0 Å². The standard InChI is InChI=1S/C31H32FN3O3/c1-20(35-30(36)24-12-28(16-33-15-24)38-27-10-11-37-17-27)21-2-4-22(5-3-21)29(23-6-8-26(32)9-7-23)25-13-31(14-25)18-34-19-31/h2-9,12,15-16,20,27,34H,10-11,13-14,17-19H2,1H3,(H,35,36)/t20-,27+/m1/s1. The number of amides is 1. The maximum Gasteiger partial charge on any atom is 0.253 e. The number of ether oxygens (including phenoxy) is 2. The zero-order chi connectivity index (χ0) is 26.1. The fourth-order valence-electron chi connectivity index (χ4n) is 5.66. The van der Waals surface area contributed by atoms with Crippen molar-refractivity contribution in [2.75, 3.05) is 26.3 Å². The third-order valence-electron chi connectivity index (χ3n) is 7.88. The monoisotopic (exact) mass is 513 g/mol. The molecule has 3 aliphatic rings. The topological polar surface area (TPSA) is 72.5 Å². The van der Waals surface area contributed by atoms with E-state index in [-0.39, 0.29) is 23.9 Å². The van der Waals surface area contributed by atoms with Crippen molar-refractivity contribution in [3.05, 3.63) is 101 Å². The summed E-state index contributed by atoms with van der Waals surface area (Å²) in [5.74, 6) is 0.137. The largest absolute Gasteiger partial charge is 0.486 e. The number of carbonyl (C=O) groups excluding carboxylic acids is 1. The summed E-state index contributed by atoms with van der Waals surface area (Å²) in [6.07, 6.45) is 6.15. The molecule has 2 aromatic carbocycles. The minimum Gasteiger partial charge on any atom is -0.486 e. The summed E-state index contributed by atoms with van der Waals surface area (Å²) in [6, 6.07) is 16.6. The van der Waals surface area contributed by atoms with Crippen molar-refractivity contribution in [3.63, 3.8) is 0 Å². The van der Waals surface area contributed by atoms with Crippen LogP contribution in [0.15, 0.2) is 72.6 Å². The maximum atomic E-state index is 13.6.